The number of carbonyl (C=O) groups is 4. The number of methoxy groups -OCH3 is 1. The number of fused-ring (bicyclic) bond motifs is 3. The first-order chi connectivity index (χ1) is 32.2. The molecule has 3 heterocycles. The topological polar surface area (TPSA) is 188 Å². The van der Waals surface area contributed by atoms with Gasteiger partial charge >= 0.3 is 0 Å². The molecule has 1 aromatic heterocycles. The predicted molar refractivity (Wildman–Crippen MR) is 247 cm³/mol. The molecule has 1 spiro atoms. The maximum Gasteiger partial charge on any atom is 0.248 e. The van der Waals surface area contributed by atoms with E-state index < -0.39 is 10.8 Å². The first-order valence-electron chi connectivity index (χ1n) is 23.1. The normalized spacial score (nSPS) is 17.1. The van der Waals surface area contributed by atoms with Gasteiger partial charge in [0.1, 0.15) is 19.0 Å². The van der Waals surface area contributed by atoms with Gasteiger partial charge in [-0.25, -0.2) is 4.98 Å². The van der Waals surface area contributed by atoms with Crippen LogP contribution in [0.4, 0.5) is 11.5 Å². The lowest BCUT2D eigenvalue weighted by molar-refractivity contribution is -0.151. The van der Waals surface area contributed by atoms with Crippen LogP contribution in [0.25, 0.3) is 0 Å². The number of piperidine rings is 1. The Labute approximate surface area is 388 Å². The molecule has 1 saturated heterocycles. The third-order valence-corrected chi connectivity index (χ3v) is 12.7. The van der Waals surface area contributed by atoms with E-state index in [1.165, 1.54) is 0 Å². The Morgan fingerprint density at radius 1 is 0.773 bits per heavy atom. The van der Waals surface area contributed by atoms with Crippen molar-refractivity contribution in [2.75, 3.05) is 130 Å². The fourth-order valence-electron chi connectivity index (χ4n) is 8.93. The fourth-order valence-corrected chi connectivity index (χ4v) is 8.93. The number of anilines is 2. The van der Waals surface area contributed by atoms with Gasteiger partial charge in [0.05, 0.1) is 90.1 Å². The predicted octanol–water partition coefficient (Wildman–Crippen LogP) is 3.52. The Morgan fingerprint density at radius 3 is 2.00 bits per heavy atom. The van der Waals surface area contributed by atoms with E-state index >= 15 is 0 Å². The Hall–Kier alpha value is -4.85. The van der Waals surface area contributed by atoms with Crippen LogP contribution in [-0.4, -0.2) is 158 Å². The average Bonchev–Trinajstić information content (AvgIpc) is 3.85. The third kappa shape index (κ3) is 13.6. The number of carbonyl (C=O) groups excluding carboxylic acids is 4. The number of likely N-dealkylation sites (tertiary alicyclic amines) is 1. The van der Waals surface area contributed by atoms with E-state index in [2.05, 4.69) is 20.9 Å². The molecule has 1 fully saturated rings. The summed E-state index contributed by atoms with van der Waals surface area (Å²) in [5.41, 5.74) is 4.07. The zero-order chi connectivity index (χ0) is 46.6. The molecule has 0 unspecified atom stereocenters. The second-order valence-electron chi connectivity index (χ2n) is 16.9. The Balaban J connectivity index is 0.936. The molecule has 3 aliphatic rings. The summed E-state index contributed by atoms with van der Waals surface area (Å²) in [5, 5.41) is 9.21. The first kappa shape index (κ1) is 50.6. The van der Waals surface area contributed by atoms with Crippen LogP contribution in [0.3, 0.4) is 0 Å². The highest BCUT2D eigenvalue weighted by Crippen LogP contribution is 2.47. The monoisotopic (exact) mass is 916 g/mol. The van der Waals surface area contributed by atoms with Crippen molar-refractivity contribution in [1.29, 1.82) is 0 Å². The van der Waals surface area contributed by atoms with Gasteiger partial charge in [0, 0.05) is 50.7 Å². The lowest BCUT2D eigenvalue weighted by Crippen LogP contribution is -2.52. The van der Waals surface area contributed by atoms with Crippen LogP contribution in [0.15, 0.2) is 60.8 Å². The van der Waals surface area contributed by atoms with E-state index in [1.54, 1.807) is 23.1 Å². The number of rotatable bonds is 29. The standard InChI is InChI=1S/C49H68N6O11/c1-4-48(13-16-54(17-14-48)44(57)36-66-29-28-65-27-26-64-25-24-63-23-22-62-21-20-61-19-18-60-3)47(59)55(34-39-9-6-5-8-38(39)33-50-2)35-43(56)52-41-12-11-37-31-49(32-40(37)30-41)42-10-7-15-51-45(42)53-46(49)58/h5-12,15,30,50H,4,13-14,16-29,31-36H2,1-3H3,(H,52,56)(H,51,53,58)/t49-/m1/s1. The highest BCUT2D eigenvalue weighted by molar-refractivity contribution is 6.06. The summed E-state index contributed by atoms with van der Waals surface area (Å²) >= 11 is 0. The summed E-state index contributed by atoms with van der Waals surface area (Å²) in [7, 11) is 3.51. The molecule has 3 aromatic rings. The number of nitrogens with zero attached hydrogens (tertiary/aromatic N) is 3. The highest BCUT2D eigenvalue weighted by atomic mass is 16.6. The van der Waals surface area contributed by atoms with E-state index in [0.29, 0.717) is 136 Å². The molecule has 0 saturated carbocycles. The van der Waals surface area contributed by atoms with E-state index in [1.807, 2.05) is 68.6 Å². The maximum absolute atomic E-state index is 14.8. The zero-order valence-corrected chi connectivity index (χ0v) is 38.9. The van der Waals surface area contributed by atoms with Gasteiger partial charge in [-0.2, -0.15) is 0 Å². The second-order valence-corrected chi connectivity index (χ2v) is 16.9. The average molecular weight is 917 g/mol. The van der Waals surface area contributed by atoms with Crippen LogP contribution in [0.1, 0.15) is 54.0 Å². The van der Waals surface area contributed by atoms with Crippen LogP contribution in [-0.2, 0) is 83.7 Å². The zero-order valence-electron chi connectivity index (χ0n) is 38.9. The first-order valence-corrected chi connectivity index (χ1v) is 23.1. The summed E-state index contributed by atoms with van der Waals surface area (Å²) in [6.07, 6.45) is 4.23. The van der Waals surface area contributed by atoms with E-state index in [9.17, 15) is 19.2 Å². The molecule has 0 bridgehead atoms. The van der Waals surface area contributed by atoms with Crippen LogP contribution in [0.2, 0.25) is 0 Å². The van der Waals surface area contributed by atoms with E-state index in [4.69, 9.17) is 33.2 Å². The molecule has 2 aromatic carbocycles. The third-order valence-electron chi connectivity index (χ3n) is 12.7. The van der Waals surface area contributed by atoms with Gasteiger partial charge in [-0.1, -0.05) is 43.3 Å². The lowest BCUT2D eigenvalue weighted by Gasteiger charge is -2.43. The number of nitrogens with one attached hydrogen (secondary N) is 3. The minimum Gasteiger partial charge on any atom is -0.382 e. The number of hydrogen-bond acceptors (Lipinski definition) is 13. The number of benzene rings is 2. The minimum atomic E-state index is -0.749. The number of aromatic nitrogens is 1. The van der Waals surface area contributed by atoms with Crippen LogP contribution in [0, 0.1) is 5.41 Å². The van der Waals surface area contributed by atoms with Gasteiger partial charge in [-0.3, -0.25) is 19.2 Å². The van der Waals surface area contributed by atoms with Crippen molar-refractivity contribution < 1.29 is 52.3 Å². The molecule has 1 atom stereocenters. The molecule has 0 radical (unpaired) electrons. The summed E-state index contributed by atoms with van der Waals surface area (Å²) < 4.78 is 38.0. The molecular weight excluding hydrogens is 849 g/mol. The van der Waals surface area contributed by atoms with Crippen molar-refractivity contribution in [3.8, 4) is 0 Å². The molecule has 360 valence electrons. The van der Waals surface area contributed by atoms with Gasteiger partial charge in [0.2, 0.25) is 23.6 Å². The van der Waals surface area contributed by atoms with Crippen LogP contribution >= 0.6 is 0 Å². The van der Waals surface area contributed by atoms with Crippen molar-refractivity contribution >= 4 is 35.1 Å². The molecule has 17 nitrogen and oxygen atoms in total. The molecule has 66 heavy (non-hydrogen) atoms. The van der Waals surface area contributed by atoms with Crippen molar-refractivity contribution in [2.24, 2.45) is 5.41 Å². The molecule has 2 aliphatic heterocycles. The quantitative estimate of drug-likeness (QED) is 0.0860. The smallest absolute Gasteiger partial charge is 0.248 e. The van der Waals surface area contributed by atoms with Crippen molar-refractivity contribution in [2.45, 2.75) is 57.5 Å². The Bertz CT molecular complexity index is 2050. The second kappa shape index (κ2) is 25.9. The molecular formula is C49H68N6O11. The molecule has 6 rings (SSSR count). The van der Waals surface area contributed by atoms with E-state index in [-0.39, 0.29) is 49.9 Å². The molecule has 17 heteroatoms. The Kier molecular flexibility index (Phi) is 19.8. The minimum absolute atomic E-state index is 0.0627. The van der Waals surface area contributed by atoms with Crippen molar-refractivity contribution in [3.05, 3.63) is 88.6 Å². The number of pyridine rings is 1. The van der Waals surface area contributed by atoms with Gasteiger partial charge < -0.3 is 58.9 Å². The molecule has 1 aliphatic carbocycles. The Morgan fingerprint density at radius 2 is 1.38 bits per heavy atom. The molecule has 3 N–H and O–H groups in total. The summed E-state index contributed by atoms with van der Waals surface area (Å²) in [4.78, 5) is 63.0. The molecule has 4 amide bonds. The van der Waals surface area contributed by atoms with E-state index in [0.717, 1.165) is 27.8 Å². The van der Waals surface area contributed by atoms with Gasteiger partial charge in [-0.15, -0.1) is 0 Å². The SMILES string of the molecule is CCC1(C(=O)N(CC(=O)Nc2ccc3c(c2)C[C@@]2(C3)C(=O)Nc3ncccc32)Cc2ccccc2CNC)CCN(C(=O)COCCOCCOCCOCCOCCOCCOC)CC1. The van der Waals surface area contributed by atoms with Crippen molar-refractivity contribution in [1.82, 2.24) is 20.1 Å². The lowest BCUT2D eigenvalue weighted by atomic mass is 9.74. The summed E-state index contributed by atoms with van der Waals surface area (Å²) in [6.45, 7) is 8.88. The maximum atomic E-state index is 14.8. The summed E-state index contributed by atoms with van der Waals surface area (Å²) in [5.74, 6) is -0.0173. The van der Waals surface area contributed by atoms with Crippen LogP contribution in [0.5, 0.6) is 0 Å². The summed E-state index contributed by atoms with van der Waals surface area (Å²) in [6, 6.07) is 17.5. The largest absolute Gasteiger partial charge is 0.382 e. The number of hydrogen-bond donors (Lipinski definition) is 3. The van der Waals surface area contributed by atoms with Crippen molar-refractivity contribution in [3.63, 3.8) is 0 Å². The fraction of sp³-hybridized carbons (Fsp3) is 0.571. The number of amides is 4. The van der Waals surface area contributed by atoms with Gasteiger partial charge in [0.25, 0.3) is 0 Å². The number of ether oxygens (including phenoxy) is 7. The van der Waals surface area contributed by atoms with Gasteiger partial charge in [-0.05, 0) is 79.6 Å². The highest BCUT2D eigenvalue weighted by Gasteiger charge is 2.51. The van der Waals surface area contributed by atoms with Crippen LogP contribution < -0.4 is 16.0 Å². The van der Waals surface area contributed by atoms with Gasteiger partial charge in [0.15, 0.2) is 0 Å².